The van der Waals surface area contributed by atoms with Gasteiger partial charge in [-0.2, -0.15) is 0 Å². The second-order valence-corrected chi connectivity index (χ2v) is 2.97. The minimum absolute atomic E-state index is 0.118. The lowest BCUT2D eigenvalue weighted by molar-refractivity contribution is -0.121. The van der Waals surface area contributed by atoms with E-state index in [-0.39, 0.29) is 18.2 Å². The molecule has 0 aliphatic carbocycles. The lowest BCUT2D eigenvalue weighted by atomic mass is 10.4. The van der Waals surface area contributed by atoms with Crippen molar-refractivity contribution in [2.75, 3.05) is 13.1 Å². The summed E-state index contributed by atoms with van der Waals surface area (Å²) in [4.78, 5) is 22.5. The predicted molar refractivity (Wildman–Crippen MR) is 54.4 cm³/mol. The van der Waals surface area contributed by atoms with Crippen molar-refractivity contribution < 1.29 is 9.90 Å². The van der Waals surface area contributed by atoms with Gasteiger partial charge in [-0.15, -0.1) is 0 Å². The molecule has 4 N–H and O–H groups in total. The summed E-state index contributed by atoms with van der Waals surface area (Å²) in [7, 11) is 0. The molecule has 0 saturated heterocycles. The quantitative estimate of drug-likeness (QED) is 0.572. The summed E-state index contributed by atoms with van der Waals surface area (Å²) in [5.74, 6) is -0.683. The molecule has 0 aliphatic heterocycles. The van der Waals surface area contributed by atoms with Crippen molar-refractivity contribution in [3.63, 3.8) is 0 Å². The standard InChI is InChI=1S/C9H13N3O3/c10-3-4-11-8(14)6-12-5-1-2-7(13)9(12)15/h1-2,5,13H,3-4,6,10H2,(H,11,14). The Bertz CT molecular complexity index is 400. The minimum atomic E-state index is -0.583. The number of amides is 1. The van der Waals surface area contributed by atoms with E-state index in [1.807, 2.05) is 0 Å². The molecule has 0 aliphatic rings. The van der Waals surface area contributed by atoms with Crippen LogP contribution in [0, 0.1) is 0 Å². The van der Waals surface area contributed by atoms with Gasteiger partial charge in [0.25, 0.3) is 5.56 Å². The SMILES string of the molecule is NCCNC(=O)Cn1cccc(O)c1=O. The molecule has 1 rings (SSSR count). The molecule has 1 heterocycles. The van der Waals surface area contributed by atoms with Crippen LogP contribution in [0.3, 0.4) is 0 Å². The third-order valence-corrected chi connectivity index (χ3v) is 1.78. The van der Waals surface area contributed by atoms with Crippen LogP contribution in [0.5, 0.6) is 5.75 Å². The number of aromatic nitrogens is 1. The maximum absolute atomic E-state index is 11.3. The monoisotopic (exact) mass is 211 g/mol. The Labute approximate surface area is 86.3 Å². The average molecular weight is 211 g/mol. The van der Waals surface area contributed by atoms with Gasteiger partial charge >= 0.3 is 0 Å². The van der Waals surface area contributed by atoms with Crippen molar-refractivity contribution in [3.05, 3.63) is 28.7 Å². The Hall–Kier alpha value is -1.82. The first-order chi connectivity index (χ1) is 7.15. The first-order valence-electron chi connectivity index (χ1n) is 4.50. The van der Waals surface area contributed by atoms with Gasteiger partial charge in [-0.3, -0.25) is 9.59 Å². The molecule has 1 amide bonds. The third-order valence-electron chi connectivity index (χ3n) is 1.78. The Morgan fingerprint density at radius 3 is 3.00 bits per heavy atom. The number of hydrogen-bond donors (Lipinski definition) is 3. The number of rotatable bonds is 4. The number of nitrogens with two attached hydrogens (primary N) is 1. The molecule has 6 heteroatoms. The fourth-order valence-electron chi connectivity index (χ4n) is 1.07. The smallest absolute Gasteiger partial charge is 0.293 e. The van der Waals surface area contributed by atoms with Gasteiger partial charge in [-0.25, -0.2) is 0 Å². The first-order valence-corrected chi connectivity index (χ1v) is 4.50. The molecule has 0 saturated carbocycles. The molecular formula is C9H13N3O3. The summed E-state index contributed by atoms with van der Waals surface area (Å²) in [5.41, 5.74) is 4.62. The molecule has 0 atom stereocenters. The van der Waals surface area contributed by atoms with Crippen LogP contribution in [0.15, 0.2) is 23.1 Å². The lowest BCUT2D eigenvalue weighted by Gasteiger charge is -2.06. The van der Waals surface area contributed by atoms with Crippen molar-refractivity contribution in [1.29, 1.82) is 0 Å². The molecule has 0 bridgehead atoms. The molecule has 6 nitrogen and oxygen atoms in total. The van der Waals surface area contributed by atoms with E-state index in [0.717, 1.165) is 4.57 Å². The molecule has 0 spiro atoms. The summed E-state index contributed by atoms with van der Waals surface area (Å²) in [6, 6.07) is 2.77. The summed E-state index contributed by atoms with van der Waals surface area (Å²) >= 11 is 0. The molecular weight excluding hydrogens is 198 g/mol. The van der Waals surface area contributed by atoms with Crippen LogP contribution in [0.1, 0.15) is 0 Å². The molecule has 1 aromatic heterocycles. The van der Waals surface area contributed by atoms with Gasteiger partial charge in [-0.05, 0) is 12.1 Å². The zero-order chi connectivity index (χ0) is 11.3. The van der Waals surface area contributed by atoms with Crippen molar-refractivity contribution in [1.82, 2.24) is 9.88 Å². The topological polar surface area (TPSA) is 97.3 Å². The van der Waals surface area contributed by atoms with E-state index in [1.54, 1.807) is 0 Å². The van der Waals surface area contributed by atoms with E-state index in [2.05, 4.69) is 5.32 Å². The van der Waals surface area contributed by atoms with E-state index >= 15 is 0 Å². The van der Waals surface area contributed by atoms with E-state index in [0.29, 0.717) is 13.1 Å². The van der Waals surface area contributed by atoms with Crippen LogP contribution in [-0.4, -0.2) is 28.7 Å². The van der Waals surface area contributed by atoms with Crippen molar-refractivity contribution in [2.45, 2.75) is 6.54 Å². The van der Waals surface area contributed by atoms with E-state index in [9.17, 15) is 9.59 Å². The highest BCUT2D eigenvalue weighted by molar-refractivity contribution is 5.75. The maximum atomic E-state index is 11.3. The van der Waals surface area contributed by atoms with E-state index in [1.165, 1.54) is 18.3 Å². The van der Waals surface area contributed by atoms with Crippen molar-refractivity contribution in [3.8, 4) is 5.75 Å². The minimum Gasteiger partial charge on any atom is -0.503 e. The van der Waals surface area contributed by atoms with Gasteiger partial charge in [0.05, 0.1) is 0 Å². The third kappa shape index (κ3) is 3.10. The number of carbonyl (C=O) groups is 1. The average Bonchev–Trinajstić information content (AvgIpc) is 2.22. The number of nitrogens with zero attached hydrogens (tertiary/aromatic N) is 1. The maximum Gasteiger partial charge on any atom is 0.293 e. The van der Waals surface area contributed by atoms with Crippen LogP contribution in [-0.2, 0) is 11.3 Å². The van der Waals surface area contributed by atoms with Gasteiger partial charge in [0.2, 0.25) is 5.91 Å². The van der Waals surface area contributed by atoms with Crippen LogP contribution < -0.4 is 16.6 Å². The summed E-state index contributed by atoms with van der Waals surface area (Å²) in [6.07, 6.45) is 1.43. The van der Waals surface area contributed by atoms with Gasteiger partial charge in [0.15, 0.2) is 5.75 Å². The zero-order valence-electron chi connectivity index (χ0n) is 8.14. The fourth-order valence-corrected chi connectivity index (χ4v) is 1.07. The lowest BCUT2D eigenvalue weighted by Crippen LogP contribution is -2.34. The molecule has 0 fully saturated rings. The Balaban J connectivity index is 2.69. The molecule has 82 valence electrons. The van der Waals surface area contributed by atoms with Crippen LogP contribution in [0.25, 0.3) is 0 Å². The summed E-state index contributed by atoms with van der Waals surface area (Å²) < 4.78 is 1.13. The highest BCUT2D eigenvalue weighted by Crippen LogP contribution is 1.96. The molecule has 0 radical (unpaired) electrons. The van der Waals surface area contributed by atoms with Crippen LogP contribution in [0.4, 0.5) is 0 Å². The second-order valence-electron chi connectivity index (χ2n) is 2.97. The van der Waals surface area contributed by atoms with Crippen LogP contribution in [0.2, 0.25) is 0 Å². The highest BCUT2D eigenvalue weighted by atomic mass is 16.3. The first kappa shape index (κ1) is 11.3. The molecule has 0 unspecified atom stereocenters. The van der Waals surface area contributed by atoms with E-state index < -0.39 is 5.56 Å². The second kappa shape index (κ2) is 5.16. The number of hydrogen-bond acceptors (Lipinski definition) is 4. The van der Waals surface area contributed by atoms with Crippen molar-refractivity contribution in [2.24, 2.45) is 5.73 Å². The number of carbonyl (C=O) groups excluding carboxylic acids is 1. The number of aromatic hydroxyl groups is 1. The molecule has 0 aromatic carbocycles. The van der Waals surface area contributed by atoms with E-state index in [4.69, 9.17) is 10.8 Å². The zero-order valence-corrected chi connectivity index (χ0v) is 8.14. The fraction of sp³-hybridized carbons (Fsp3) is 0.333. The van der Waals surface area contributed by atoms with Crippen LogP contribution >= 0.6 is 0 Å². The Kier molecular flexibility index (Phi) is 3.87. The Morgan fingerprint density at radius 1 is 1.60 bits per heavy atom. The van der Waals surface area contributed by atoms with Crippen molar-refractivity contribution >= 4 is 5.91 Å². The summed E-state index contributed by atoms with van der Waals surface area (Å²) in [5, 5.41) is 11.6. The Morgan fingerprint density at radius 2 is 2.33 bits per heavy atom. The number of nitrogens with one attached hydrogen (secondary N) is 1. The highest BCUT2D eigenvalue weighted by Gasteiger charge is 2.05. The predicted octanol–water partition coefficient (Wildman–Crippen LogP) is -1.37. The largest absolute Gasteiger partial charge is 0.503 e. The van der Waals surface area contributed by atoms with Gasteiger partial charge in [-0.1, -0.05) is 0 Å². The number of pyridine rings is 1. The van der Waals surface area contributed by atoms with Gasteiger partial charge in [0, 0.05) is 19.3 Å². The molecule has 1 aromatic rings. The molecule has 15 heavy (non-hydrogen) atoms. The normalized spacial score (nSPS) is 9.93. The van der Waals surface area contributed by atoms with Gasteiger partial charge < -0.3 is 20.7 Å². The summed E-state index contributed by atoms with van der Waals surface area (Å²) in [6.45, 7) is 0.598. The van der Waals surface area contributed by atoms with Gasteiger partial charge in [0.1, 0.15) is 6.54 Å².